The first-order chi connectivity index (χ1) is 17.7. The van der Waals surface area contributed by atoms with Gasteiger partial charge < -0.3 is 0 Å². The van der Waals surface area contributed by atoms with Gasteiger partial charge >= 0.3 is 20.8 Å². The predicted molar refractivity (Wildman–Crippen MR) is 150 cm³/mol. The van der Waals surface area contributed by atoms with Crippen LogP contribution in [0.4, 0.5) is 0 Å². The summed E-state index contributed by atoms with van der Waals surface area (Å²) < 4.78 is 74.8. The molecule has 0 aliphatic heterocycles. The minimum Gasteiger partial charge on any atom is -0.264 e. The van der Waals surface area contributed by atoms with E-state index in [2.05, 4.69) is 66.7 Å². The zero-order valence-electron chi connectivity index (χ0n) is 24.5. The van der Waals surface area contributed by atoms with Crippen molar-refractivity contribution < 1.29 is 34.3 Å². The molecule has 3 fully saturated rings. The molecule has 8 nitrogen and oxygen atoms in total. The molecular weight excluding hydrogens is 540 g/mol. The van der Waals surface area contributed by atoms with Gasteiger partial charge in [-0.2, -0.15) is 16.8 Å². The zero-order valence-corrected chi connectivity index (χ0v) is 26.1. The van der Waals surface area contributed by atoms with E-state index in [-0.39, 0.29) is 23.7 Å². The van der Waals surface area contributed by atoms with E-state index in [1.54, 1.807) is 0 Å². The maximum Gasteiger partial charge on any atom is 0.397 e. The average molecular weight is 589 g/mol. The maximum atomic E-state index is 11.6. The first kappa shape index (κ1) is 31.2. The topological polar surface area (TPSA) is 127 Å². The van der Waals surface area contributed by atoms with Crippen LogP contribution in [0.2, 0.25) is 0 Å². The zero-order chi connectivity index (χ0) is 29.2. The van der Waals surface area contributed by atoms with Crippen molar-refractivity contribution in [3.63, 3.8) is 0 Å². The Kier molecular flexibility index (Phi) is 8.38. The Morgan fingerprint density at radius 2 is 1.56 bits per heavy atom. The second-order valence-corrected chi connectivity index (χ2v) is 16.5. The number of rotatable bonds is 7. The van der Waals surface area contributed by atoms with Gasteiger partial charge in [0, 0.05) is 0 Å². The Bertz CT molecular complexity index is 1200. The smallest absolute Gasteiger partial charge is 0.264 e. The predicted octanol–water partition coefficient (Wildman–Crippen LogP) is 6.43. The second-order valence-electron chi connectivity index (χ2n) is 14.4. The van der Waals surface area contributed by atoms with Crippen LogP contribution in [0.15, 0.2) is 23.8 Å². The summed E-state index contributed by atoms with van der Waals surface area (Å²) in [6, 6.07) is 0. The van der Waals surface area contributed by atoms with Crippen molar-refractivity contribution in [2.75, 3.05) is 0 Å². The van der Waals surface area contributed by atoms with Crippen LogP contribution in [-0.2, 0) is 29.2 Å². The third kappa shape index (κ3) is 6.36. The number of fused-ring (bicyclic) bond motifs is 5. The van der Waals surface area contributed by atoms with Crippen molar-refractivity contribution in [3.8, 4) is 0 Å². The van der Waals surface area contributed by atoms with Gasteiger partial charge in [-0.1, -0.05) is 72.3 Å². The van der Waals surface area contributed by atoms with E-state index in [0.29, 0.717) is 35.5 Å². The minimum atomic E-state index is -4.85. The maximum absolute atomic E-state index is 11.6. The Morgan fingerprint density at radius 3 is 2.15 bits per heavy atom. The largest absolute Gasteiger partial charge is 0.397 e. The van der Waals surface area contributed by atoms with Gasteiger partial charge in [-0.3, -0.25) is 9.11 Å². The molecule has 4 rings (SSSR count). The third-order valence-corrected chi connectivity index (χ3v) is 12.3. The van der Waals surface area contributed by atoms with Gasteiger partial charge in [0.15, 0.2) is 0 Å². The number of hydrogen-bond acceptors (Lipinski definition) is 6. The summed E-state index contributed by atoms with van der Waals surface area (Å²) in [6.07, 6.45) is 10.3. The molecule has 39 heavy (non-hydrogen) atoms. The molecule has 0 bridgehead atoms. The fourth-order valence-electron chi connectivity index (χ4n) is 8.83. The molecule has 0 amide bonds. The first-order valence-electron chi connectivity index (χ1n) is 14.4. The SMILES string of the molecule is CC(/C=C/C(C)C(C)(C)C)[C@H]1CCC2C3CC=C4C[C@H](OS(=O)(=O)O)[C@@H](OS(=O)(=O)O)C[C@]4(C)C3CC[C@@]21C. The molecular formula is C29H48O8S2. The molecule has 0 aromatic carbocycles. The molecule has 10 atom stereocenters. The molecule has 3 saturated carbocycles. The van der Waals surface area contributed by atoms with Crippen LogP contribution in [0.25, 0.3) is 0 Å². The van der Waals surface area contributed by atoms with Crippen molar-refractivity contribution >= 4 is 20.8 Å². The van der Waals surface area contributed by atoms with Crippen LogP contribution in [0.1, 0.15) is 93.4 Å². The summed E-state index contributed by atoms with van der Waals surface area (Å²) in [7, 11) is -9.69. The highest BCUT2D eigenvalue weighted by molar-refractivity contribution is 7.81. The highest BCUT2D eigenvalue weighted by atomic mass is 32.3. The summed E-state index contributed by atoms with van der Waals surface area (Å²) in [5.41, 5.74) is 1.08. The molecule has 0 radical (unpaired) electrons. The molecule has 0 spiro atoms. The molecule has 5 unspecified atom stereocenters. The fraction of sp³-hybridized carbons (Fsp3) is 0.862. The lowest BCUT2D eigenvalue weighted by atomic mass is 9.46. The van der Waals surface area contributed by atoms with E-state index >= 15 is 0 Å². The second kappa shape index (κ2) is 10.5. The van der Waals surface area contributed by atoms with Crippen molar-refractivity contribution in [2.45, 2.75) is 106 Å². The van der Waals surface area contributed by atoms with E-state index in [1.807, 2.05) is 0 Å². The molecule has 0 heterocycles. The van der Waals surface area contributed by atoms with Crippen LogP contribution in [0.3, 0.4) is 0 Å². The van der Waals surface area contributed by atoms with E-state index in [9.17, 15) is 25.9 Å². The van der Waals surface area contributed by atoms with E-state index < -0.39 is 38.4 Å². The lowest BCUT2D eigenvalue weighted by Gasteiger charge is -2.59. The Hall–Kier alpha value is -0.780. The minimum absolute atomic E-state index is 0.123. The van der Waals surface area contributed by atoms with Gasteiger partial charge in [0.2, 0.25) is 0 Å². The standard InChI is InChI=1S/C29H48O8S2/c1-18(8-9-19(2)27(3,4)5)22-12-13-23-21-11-10-20-16-25(36-38(30,31)32)26(37-39(33,34)35)17-29(20,7)24(21)14-15-28(22,23)6/h8-10,18-19,21-26H,11-17H2,1-7H3,(H,30,31,32)(H,33,34,35)/b9-8+/t18?,19?,21?,22-,23?,24?,25+,26+,28-,29+/m1/s1. The van der Waals surface area contributed by atoms with Crippen molar-refractivity contribution in [1.82, 2.24) is 0 Å². The lowest BCUT2D eigenvalue weighted by Crippen LogP contribution is -2.54. The summed E-state index contributed by atoms with van der Waals surface area (Å²) >= 11 is 0. The molecule has 10 heteroatoms. The van der Waals surface area contributed by atoms with E-state index in [0.717, 1.165) is 24.8 Å². The molecule has 4 aliphatic carbocycles. The molecule has 0 aromatic heterocycles. The lowest BCUT2D eigenvalue weighted by molar-refractivity contribution is -0.0775. The van der Waals surface area contributed by atoms with Crippen molar-refractivity contribution in [3.05, 3.63) is 23.8 Å². The molecule has 2 N–H and O–H groups in total. The Balaban J connectivity index is 1.58. The molecule has 0 saturated heterocycles. The van der Waals surface area contributed by atoms with Gasteiger partial charge in [-0.15, -0.1) is 0 Å². The highest BCUT2D eigenvalue weighted by Gasteiger charge is 2.60. The Labute approximate surface area is 235 Å². The number of allylic oxidation sites excluding steroid dienone is 3. The normalized spacial score (nSPS) is 40.9. The number of hydrogen-bond donors (Lipinski definition) is 2. The summed E-state index contributed by atoms with van der Waals surface area (Å²) in [6.45, 7) is 16.1. The van der Waals surface area contributed by atoms with Crippen LogP contribution in [0, 0.1) is 51.8 Å². The van der Waals surface area contributed by atoms with Crippen LogP contribution in [-0.4, -0.2) is 38.1 Å². The van der Waals surface area contributed by atoms with Gasteiger partial charge in [-0.25, -0.2) is 8.37 Å². The quantitative estimate of drug-likeness (QED) is 0.257. The third-order valence-electron chi connectivity index (χ3n) is 11.4. The summed E-state index contributed by atoms with van der Waals surface area (Å²) in [5.74, 6) is 2.89. The van der Waals surface area contributed by atoms with Crippen LogP contribution in [0.5, 0.6) is 0 Å². The van der Waals surface area contributed by atoms with Gasteiger partial charge in [-0.05, 0) is 96.7 Å². The fourth-order valence-corrected chi connectivity index (χ4v) is 9.84. The first-order valence-corrected chi connectivity index (χ1v) is 17.2. The Morgan fingerprint density at radius 1 is 0.949 bits per heavy atom. The van der Waals surface area contributed by atoms with Crippen LogP contribution < -0.4 is 0 Å². The molecule has 0 aromatic rings. The van der Waals surface area contributed by atoms with E-state index in [4.69, 9.17) is 8.37 Å². The summed E-state index contributed by atoms with van der Waals surface area (Å²) in [4.78, 5) is 0. The van der Waals surface area contributed by atoms with Crippen molar-refractivity contribution in [2.24, 2.45) is 51.8 Å². The average Bonchev–Trinajstić information content (AvgIpc) is 3.12. The van der Waals surface area contributed by atoms with Gasteiger partial charge in [0.05, 0.1) is 0 Å². The van der Waals surface area contributed by atoms with Gasteiger partial charge in [0.25, 0.3) is 0 Å². The molecule has 224 valence electrons. The van der Waals surface area contributed by atoms with Gasteiger partial charge in [0.1, 0.15) is 12.2 Å². The monoisotopic (exact) mass is 588 g/mol. The van der Waals surface area contributed by atoms with E-state index in [1.165, 1.54) is 12.8 Å². The summed E-state index contributed by atoms with van der Waals surface area (Å²) in [5, 5.41) is 0. The highest BCUT2D eigenvalue weighted by Crippen LogP contribution is 2.67. The van der Waals surface area contributed by atoms with Crippen LogP contribution >= 0.6 is 0 Å². The molecule has 4 aliphatic rings. The van der Waals surface area contributed by atoms with Crippen molar-refractivity contribution in [1.29, 1.82) is 0 Å².